The number of hydrogen-bond donors (Lipinski definition) is 0. The van der Waals surface area contributed by atoms with Gasteiger partial charge in [-0.05, 0) is 12.1 Å². The number of benzene rings is 1. The monoisotopic (exact) mass is 332 g/mol. The predicted molar refractivity (Wildman–Crippen MR) is 59.1 cm³/mol. The van der Waals surface area contributed by atoms with E-state index >= 15 is 0 Å². The molecule has 0 radical (unpaired) electrons. The molecule has 0 spiro atoms. The minimum absolute atomic E-state index is 0.452. The summed E-state index contributed by atoms with van der Waals surface area (Å²) in [6, 6.07) is 1.99. The lowest BCUT2D eigenvalue weighted by Gasteiger charge is -2.06. The molecule has 0 bridgehead atoms. The van der Waals surface area contributed by atoms with Crippen molar-refractivity contribution in [3.8, 4) is 11.5 Å². The van der Waals surface area contributed by atoms with Crippen LogP contribution in [0.1, 0.15) is 10.4 Å². The Morgan fingerprint density at radius 1 is 0.950 bits per heavy atom. The molecule has 0 atom stereocenters. The maximum atomic E-state index is 12.4. The van der Waals surface area contributed by atoms with Gasteiger partial charge in [0.1, 0.15) is 11.5 Å². The van der Waals surface area contributed by atoms with Gasteiger partial charge in [-0.2, -0.15) is 16.8 Å². The molecular weight excluding hydrogens is 326 g/mol. The molecule has 0 saturated carbocycles. The van der Waals surface area contributed by atoms with Crippen LogP contribution in [0.25, 0.3) is 0 Å². The number of methoxy groups -OCH3 is 1. The minimum atomic E-state index is -5.44. The van der Waals surface area contributed by atoms with E-state index in [0.717, 1.165) is 19.2 Å². The molecule has 0 N–H and O–H groups in total. The van der Waals surface area contributed by atoms with Crippen molar-refractivity contribution in [1.82, 2.24) is 0 Å². The molecule has 0 saturated heterocycles. The predicted octanol–water partition coefficient (Wildman–Crippen LogP) is 0.659. The Bertz CT molecular complexity index is 673. The second-order valence-corrected chi connectivity index (χ2v) is 5.04. The van der Waals surface area contributed by atoms with Gasteiger partial charge >= 0.3 is 27.0 Å². The second kappa shape index (κ2) is 5.58. The van der Waals surface area contributed by atoms with Crippen molar-refractivity contribution >= 4 is 27.0 Å². The first kappa shape index (κ1) is 16.1. The number of hydrogen-bond acceptors (Lipinski definition) is 8. The normalized spacial score (nSPS) is 11.8. The summed E-state index contributed by atoms with van der Waals surface area (Å²) >= 11 is 0. The summed E-state index contributed by atoms with van der Waals surface area (Å²) in [7, 11) is -9.91. The van der Waals surface area contributed by atoms with Crippen LogP contribution in [-0.4, -0.2) is 29.9 Å². The van der Waals surface area contributed by atoms with Gasteiger partial charge in [0, 0.05) is 6.07 Å². The van der Waals surface area contributed by atoms with E-state index in [0.29, 0.717) is 6.07 Å². The SMILES string of the molecule is COC(=O)c1cc(OS(=O)(=O)F)cc(OS(=O)(=O)F)c1. The van der Waals surface area contributed by atoms with Crippen LogP contribution in [0, 0.1) is 0 Å². The smallest absolute Gasteiger partial charge is 0.465 e. The first-order valence-corrected chi connectivity index (χ1v) is 7.13. The van der Waals surface area contributed by atoms with Crippen LogP contribution in [-0.2, 0) is 25.7 Å². The summed E-state index contributed by atoms with van der Waals surface area (Å²) in [4.78, 5) is 11.2. The van der Waals surface area contributed by atoms with E-state index in [-0.39, 0.29) is 0 Å². The number of carbonyl (C=O) groups is 1. The maximum absolute atomic E-state index is 12.4. The van der Waals surface area contributed by atoms with E-state index < -0.39 is 44.0 Å². The fourth-order valence-corrected chi connectivity index (χ4v) is 1.79. The van der Waals surface area contributed by atoms with Gasteiger partial charge in [-0.15, -0.1) is 0 Å². The topological polar surface area (TPSA) is 113 Å². The molecule has 0 aromatic heterocycles. The molecule has 0 unspecified atom stereocenters. The van der Waals surface area contributed by atoms with Gasteiger partial charge < -0.3 is 13.1 Å². The highest BCUT2D eigenvalue weighted by atomic mass is 32.3. The van der Waals surface area contributed by atoms with Gasteiger partial charge in [-0.3, -0.25) is 0 Å². The Morgan fingerprint density at radius 2 is 1.35 bits per heavy atom. The van der Waals surface area contributed by atoms with Gasteiger partial charge in [0.15, 0.2) is 0 Å². The highest BCUT2D eigenvalue weighted by Crippen LogP contribution is 2.26. The highest BCUT2D eigenvalue weighted by Gasteiger charge is 2.18. The van der Waals surface area contributed by atoms with E-state index in [2.05, 4.69) is 13.1 Å². The van der Waals surface area contributed by atoms with Gasteiger partial charge in [-0.25, -0.2) is 4.79 Å². The first-order chi connectivity index (χ1) is 9.00. The van der Waals surface area contributed by atoms with E-state index in [4.69, 9.17) is 0 Å². The van der Waals surface area contributed by atoms with Crippen molar-refractivity contribution in [2.45, 2.75) is 0 Å². The minimum Gasteiger partial charge on any atom is -0.465 e. The van der Waals surface area contributed by atoms with Crippen LogP contribution in [0.3, 0.4) is 0 Å². The summed E-state index contributed by atoms with van der Waals surface area (Å²) in [5, 5.41) is 0. The number of ether oxygens (including phenoxy) is 1. The molecule has 0 aliphatic carbocycles. The molecular formula is C8H6F2O8S2. The van der Waals surface area contributed by atoms with Crippen molar-refractivity contribution in [2.75, 3.05) is 7.11 Å². The van der Waals surface area contributed by atoms with Gasteiger partial charge in [-0.1, -0.05) is 7.77 Å². The summed E-state index contributed by atoms with van der Waals surface area (Å²) in [6.45, 7) is 0. The third kappa shape index (κ3) is 5.36. The van der Waals surface area contributed by atoms with E-state index in [1.54, 1.807) is 0 Å². The van der Waals surface area contributed by atoms with Crippen LogP contribution < -0.4 is 8.37 Å². The molecule has 0 aliphatic heterocycles. The molecule has 112 valence electrons. The summed E-state index contributed by atoms with van der Waals surface area (Å²) in [5.41, 5.74) is -0.452. The molecule has 12 heteroatoms. The summed E-state index contributed by atoms with van der Waals surface area (Å²) < 4.78 is 77.8. The summed E-state index contributed by atoms with van der Waals surface area (Å²) in [5.74, 6) is -2.67. The van der Waals surface area contributed by atoms with Crippen LogP contribution >= 0.6 is 0 Å². The number of halogens is 2. The first-order valence-electron chi connectivity index (χ1n) is 4.52. The Labute approximate surface area is 112 Å². The fraction of sp³-hybridized carbons (Fsp3) is 0.125. The zero-order valence-electron chi connectivity index (χ0n) is 9.57. The van der Waals surface area contributed by atoms with Crippen molar-refractivity contribution in [3.05, 3.63) is 23.8 Å². The molecule has 0 amide bonds. The molecule has 1 rings (SSSR count). The number of esters is 1. The largest absolute Gasteiger partial charge is 0.488 e. The lowest BCUT2D eigenvalue weighted by Crippen LogP contribution is -2.07. The molecule has 0 heterocycles. The van der Waals surface area contributed by atoms with Crippen molar-refractivity contribution in [2.24, 2.45) is 0 Å². The van der Waals surface area contributed by atoms with Crippen LogP contribution in [0.2, 0.25) is 0 Å². The molecule has 0 aliphatic rings. The molecule has 20 heavy (non-hydrogen) atoms. The molecule has 1 aromatic carbocycles. The van der Waals surface area contributed by atoms with E-state index in [9.17, 15) is 29.4 Å². The lowest BCUT2D eigenvalue weighted by atomic mass is 10.2. The third-order valence-corrected chi connectivity index (χ3v) is 2.48. The van der Waals surface area contributed by atoms with Crippen molar-refractivity contribution < 1.29 is 42.5 Å². The standard InChI is InChI=1S/C8H6F2O8S2/c1-16-8(11)5-2-6(17-19(9,12)13)4-7(3-5)18-20(10,14)15/h2-4H,1H3. The Balaban J connectivity index is 3.31. The van der Waals surface area contributed by atoms with Crippen molar-refractivity contribution in [3.63, 3.8) is 0 Å². The lowest BCUT2D eigenvalue weighted by molar-refractivity contribution is 0.0600. The van der Waals surface area contributed by atoms with Crippen LogP contribution in [0.15, 0.2) is 18.2 Å². The number of rotatable bonds is 5. The van der Waals surface area contributed by atoms with E-state index in [1.807, 2.05) is 0 Å². The molecule has 8 nitrogen and oxygen atoms in total. The third-order valence-electron chi connectivity index (χ3n) is 1.69. The zero-order chi connectivity index (χ0) is 15.6. The van der Waals surface area contributed by atoms with E-state index in [1.165, 1.54) is 0 Å². The molecule has 0 fully saturated rings. The Morgan fingerprint density at radius 3 is 1.65 bits per heavy atom. The van der Waals surface area contributed by atoms with Gasteiger partial charge in [0.05, 0.1) is 12.7 Å². The average Bonchev–Trinajstić information content (AvgIpc) is 2.22. The van der Waals surface area contributed by atoms with Gasteiger partial charge in [0.25, 0.3) is 0 Å². The second-order valence-electron chi connectivity index (χ2n) is 3.14. The molecule has 1 aromatic rings. The maximum Gasteiger partial charge on any atom is 0.488 e. The van der Waals surface area contributed by atoms with Crippen LogP contribution in [0.4, 0.5) is 7.77 Å². The average molecular weight is 332 g/mol. The Hall–Kier alpha value is -1.95. The quantitative estimate of drug-likeness (QED) is 0.571. The number of carbonyl (C=O) groups excluding carboxylic acids is 1. The Kier molecular flexibility index (Phi) is 4.50. The van der Waals surface area contributed by atoms with Crippen LogP contribution in [0.5, 0.6) is 11.5 Å². The van der Waals surface area contributed by atoms with Gasteiger partial charge in [0.2, 0.25) is 0 Å². The fourth-order valence-electron chi connectivity index (χ4n) is 1.13. The highest BCUT2D eigenvalue weighted by molar-refractivity contribution is 7.82. The van der Waals surface area contributed by atoms with Crippen molar-refractivity contribution in [1.29, 1.82) is 0 Å². The zero-order valence-corrected chi connectivity index (χ0v) is 11.2. The summed E-state index contributed by atoms with van der Waals surface area (Å²) in [6.07, 6.45) is 0.